The van der Waals surface area contributed by atoms with Gasteiger partial charge in [-0.15, -0.1) is 0 Å². The minimum atomic E-state index is -0.320. The normalized spacial score (nSPS) is 12.2. The summed E-state index contributed by atoms with van der Waals surface area (Å²) < 4.78 is 10.3. The minimum absolute atomic E-state index is 0.320. The second-order valence-corrected chi connectivity index (χ2v) is 6.18. The van der Waals surface area contributed by atoms with Crippen molar-refractivity contribution in [3.8, 4) is 0 Å². The van der Waals surface area contributed by atoms with Crippen LogP contribution in [0.2, 0.25) is 0 Å². The third-order valence-electron chi connectivity index (χ3n) is 3.63. The van der Waals surface area contributed by atoms with E-state index in [-0.39, 0.29) is 5.91 Å². The summed E-state index contributed by atoms with van der Waals surface area (Å²) in [6, 6.07) is 9.74. The first kappa shape index (κ1) is 16.6. The van der Waals surface area contributed by atoms with Crippen LogP contribution in [0.5, 0.6) is 0 Å². The summed E-state index contributed by atoms with van der Waals surface area (Å²) in [6.45, 7) is 6.59. The maximum atomic E-state index is 12.4. The van der Waals surface area contributed by atoms with Crippen molar-refractivity contribution in [3.05, 3.63) is 47.0 Å². The van der Waals surface area contributed by atoms with E-state index < -0.39 is 0 Å². The maximum Gasteiger partial charge on any atom is 0.300 e. The number of para-hydroxylation sites is 1. The van der Waals surface area contributed by atoms with Crippen molar-refractivity contribution in [3.63, 3.8) is 0 Å². The molecule has 0 saturated heterocycles. The minimum Gasteiger partial charge on any atom is -0.380 e. The van der Waals surface area contributed by atoms with Crippen molar-refractivity contribution < 1.29 is 9.53 Å². The number of nitrogens with zero attached hydrogens (tertiary/aromatic N) is 4. The van der Waals surface area contributed by atoms with Crippen molar-refractivity contribution in [1.82, 2.24) is 14.3 Å². The summed E-state index contributed by atoms with van der Waals surface area (Å²) in [5.74, 6) is -0.320. The van der Waals surface area contributed by atoms with Crippen LogP contribution in [0.25, 0.3) is 10.2 Å². The zero-order valence-electron chi connectivity index (χ0n) is 13.8. The SMILES string of the molecule is CCOCCn1c(=NC(=O)c2ccn(CC)n2)sc2ccccc21. The zero-order valence-corrected chi connectivity index (χ0v) is 14.6. The topological polar surface area (TPSA) is 61.4 Å². The first-order valence-electron chi connectivity index (χ1n) is 8.01. The van der Waals surface area contributed by atoms with Crippen molar-refractivity contribution in [2.24, 2.45) is 4.99 Å². The quantitative estimate of drug-likeness (QED) is 0.646. The Bertz CT molecular complexity index is 907. The van der Waals surface area contributed by atoms with E-state index in [0.717, 1.165) is 16.8 Å². The molecular formula is C17H20N4O2S. The molecule has 0 spiro atoms. The van der Waals surface area contributed by atoms with Crippen LogP contribution in [-0.4, -0.2) is 33.5 Å². The third-order valence-corrected chi connectivity index (χ3v) is 4.69. The maximum absolute atomic E-state index is 12.4. The highest BCUT2D eigenvalue weighted by Crippen LogP contribution is 2.16. The van der Waals surface area contributed by atoms with Gasteiger partial charge in [0.05, 0.1) is 16.8 Å². The number of hydrogen-bond acceptors (Lipinski definition) is 4. The molecule has 3 rings (SSSR count). The summed E-state index contributed by atoms with van der Waals surface area (Å²) in [5, 5.41) is 4.23. The first-order valence-corrected chi connectivity index (χ1v) is 8.83. The Morgan fingerprint density at radius 1 is 1.29 bits per heavy atom. The highest BCUT2D eigenvalue weighted by molar-refractivity contribution is 7.16. The summed E-state index contributed by atoms with van der Waals surface area (Å²) >= 11 is 1.50. The molecule has 3 aromatic rings. The smallest absolute Gasteiger partial charge is 0.300 e. The van der Waals surface area contributed by atoms with Crippen molar-refractivity contribution >= 4 is 27.5 Å². The van der Waals surface area contributed by atoms with Crippen molar-refractivity contribution in [2.75, 3.05) is 13.2 Å². The number of aryl methyl sites for hydroxylation is 1. The van der Waals surface area contributed by atoms with E-state index in [1.165, 1.54) is 11.3 Å². The van der Waals surface area contributed by atoms with Gasteiger partial charge in [0, 0.05) is 25.9 Å². The van der Waals surface area contributed by atoms with Crippen molar-refractivity contribution in [1.29, 1.82) is 0 Å². The zero-order chi connectivity index (χ0) is 16.9. The fourth-order valence-electron chi connectivity index (χ4n) is 2.42. The van der Waals surface area contributed by atoms with Gasteiger partial charge < -0.3 is 9.30 Å². The van der Waals surface area contributed by atoms with Crippen LogP contribution in [-0.2, 0) is 17.8 Å². The lowest BCUT2D eigenvalue weighted by molar-refractivity contribution is 0.0991. The molecule has 0 N–H and O–H groups in total. The van der Waals surface area contributed by atoms with Crippen molar-refractivity contribution in [2.45, 2.75) is 26.9 Å². The summed E-state index contributed by atoms with van der Waals surface area (Å²) in [6.07, 6.45) is 1.79. The second-order valence-electron chi connectivity index (χ2n) is 5.17. The van der Waals surface area contributed by atoms with Crippen LogP contribution in [0.3, 0.4) is 0 Å². The monoisotopic (exact) mass is 344 g/mol. The molecule has 1 aromatic carbocycles. The van der Waals surface area contributed by atoms with E-state index in [1.54, 1.807) is 16.9 Å². The Kier molecular flexibility index (Phi) is 5.22. The highest BCUT2D eigenvalue weighted by Gasteiger charge is 2.11. The lowest BCUT2D eigenvalue weighted by Crippen LogP contribution is -2.20. The molecule has 0 fully saturated rings. The molecule has 0 unspecified atom stereocenters. The van der Waals surface area contributed by atoms with E-state index in [1.807, 2.05) is 42.7 Å². The molecule has 0 radical (unpaired) electrons. The Labute approximate surface area is 144 Å². The third kappa shape index (κ3) is 3.47. The van der Waals surface area contributed by atoms with E-state index >= 15 is 0 Å². The molecule has 0 atom stereocenters. The molecule has 0 aliphatic rings. The number of amides is 1. The van der Waals surface area contributed by atoms with Gasteiger partial charge >= 0.3 is 0 Å². The molecule has 2 aromatic heterocycles. The molecule has 2 heterocycles. The van der Waals surface area contributed by atoms with E-state index in [2.05, 4.69) is 10.1 Å². The average Bonchev–Trinajstić information content (AvgIpc) is 3.20. The van der Waals surface area contributed by atoms with E-state index in [4.69, 9.17) is 4.74 Å². The fourth-order valence-corrected chi connectivity index (χ4v) is 3.47. The number of aromatic nitrogens is 3. The van der Waals surface area contributed by atoms with Gasteiger partial charge in [0.15, 0.2) is 10.5 Å². The molecule has 0 bridgehead atoms. The Morgan fingerprint density at radius 2 is 2.12 bits per heavy atom. The summed E-state index contributed by atoms with van der Waals surface area (Å²) in [5.41, 5.74) is 1.43. The molecule has 7 heteroatoms. The molecule has 1 amide bonds. The molecule has 126 valence electrons. The molecule has 0 aliphatic carbocycles. The molecular weight excluding hydrogens is 324 g/mol. The van der Waals surface area contributed by atoms with Crippen LogP contribution in [0, 0.1) is 0 Å². The highest BCUT2D eigenvalue weighted by atomic mass is 32.1. The van der Waals surface area contributed by atoms with Crippen LogP contribution >= 0.6 is 11.3 Å². The number of carbonyl (C=O) groups is 1. The van der Waals surface area contributed by atoms with Gasteiger partial charge in [-0.25, -0.2) is 0 Å². The van der Waals surface area contributed by atoms with Gasteiger partial charge in [-0.3, -0.25) is 9.48 Å². The number of thiazole rings is 1. The number of rotatable bonds is 6. The van der Waals surface area contributed by atoms with Crippen LogP contribution in [0.4, 0.5) is 0 Å². The average molecular weight is 344 g/mol. The number of carbonyl (C=O) groups excluding carboxylic acids is 1. The Morgan fingerprint density at radius 3 is 2.88 bits per heavy atom. The first-order chi connectivity index (χ1) is 11.7. The van der Waals surface area contributed by atoms with Gasteiger partial charge in [-0.1, -0.05) is 23.5 Å². The molecule has 6 nitrogen and oxygen atoms in total. The number of ether oxygens (including phenoxy) is 1. The number of fused-ring (bicyclic) bond motifs is 1. The van der Waals surface area contributed by atoms with Crippen LogP contribution in [0.15, 0.2) is 41.5 Å². The number of hydrogen-bond donors (Lipinski definition) is 0. The summed E-state index contributed by atoms with van der Waals surface area (Å²) in [7, 11) is 0. The molecule has 24 heavy (non-hydrogen) atoms. The van der Waals surface area contributed by atoms with Crippen LogP contribution in [0.1, 0.15) is 24.3 Å². The summed E-state index contributed by atoms with van der Waals surface area (Å²) in [4.78, 5) is 17.4. The lowest BCUT2D eigenvalue weighted by Gasteiger charge is -2.05. The standard InChI is InChI=1S/C17H20N4O2S/c1-3-20-10-9-13(19-20)16(22)18-17-21(11-12-23-4-2)14-7-5-6-8-15(14)24-17/h5-10H,3-4,11-12H2,1-2H3. The Hall–Kier alpha value is -2.25. The molecule has 0 saturated carbocycles. The van der Waals surface area contributed by atoms with Gasteiger partial charge in [-0.05, 0) is 32.0 Å². The van der Waals surface area contributed by atoms with Gasteiger partial charge in [0.2, 0.25) is 0 Å². The van der Waals surface area contributed by atoms with Gasteiger partial charge in [-0.2, -0.15) is 10.1 Å². The second kappa shape index (κ2) is 7.55. The fraction of sp³-hybridized carbons (Fsp3) is 0.353. The molecule has 0 aliphatic heterocycles. The van der Waals surface area contributed by atoms with E-state index in [9.17, 15) is 4.79 Å². The lowest BCUT2D eigenvalue weighted by atomic mass is 10.3. The van der Waals surface area contributed by atoms with E-state index in [0.29, 0.717) is 30.3 Å². The van der Waals surface area contributed by atoms with Gasteiger partial charge in [0.1, 0.15) is 0 Å². The predicted octanol–water partition coefficient (Wildman–Crippen LogP) is 2.70. The van der Waals surface area contributed by atoms with Gasteiger partial charge in [0.25, 0.3) is 5.91 Å². The predicted molar refractivity (Wildman–Crippen MR) is 94.1 cm³/mol. The van der Waals surface area contributed by atoms with Crippen LogP contribution < -0.4 is 4.80 Å². The Balaban J connectivity index is 2.00. The largest absolute Gasteiger partial charge is 0.380 e. The number of benzene rings is 1.